The maximum Gasteiger partial charge on any atom is 2.00 e. The van der Waals surface area contributed by atoms with E-state index in [0.717, 1.165) is 25.2 Å². The molecular weight excluding hydrogens is 1250 g/mol. The van der Waals surface area contributed by atoms with Crippen LogP contribution in [-0.2, 0) is 34.4 Å². The number of benzene rings is 2. The van der Waals surface area contributed by atoms with Crippen molar-refractivity contribution in [2.45, 2.75) is 163 Å². The summed E-state index contributed by atoms with van der Waals surface area (Å²) >= 11 is 7.47. The van der Waals surface area contributed by atoms with Crippen molar-refractivity contribution < 1.29 is 95.7 Å². The van der Waals surface area contributed by atoms with Gasteiger partial charge >= 0.3 is 96.0 Å². The molecule has 2 heterocycles. The molecule has 0 aromatic heterocycles. The number of hydrogen-bond donors (Lipinski definition) is 0. The number of alkyl halides is 2. The third-order valence-corrected chi connectivity index (χ3v) is 19.1. The summed E-state index contributed by atoms with van der Waals surface area (Å²) in [5.74, 6) is -4.80. The minimum Gasteiger partial charge on any atom is -1.00 e. The van der Waals surface area contributed by atoms with Crippen LogP contribution in [0.1, 0.15) is 150 Å². The van der Waals surface area contributed by atoms with Crippen molar-refractivity contribution in [2.24, 2.45) is 34.5 Å². The van der Waals surface area contributed by atoms with Crippen LogP contribution < -0.4 is 39.0 Å². The van der Waals surface area contributed by atoms with E-state index in [1.165, 1.54) is 45.7 Å². The summed E-state index contributed by atoms with van der Waals surface area (Å²) in [6, 6.07) is 0. The molecule has 10 rings (SSSR count). The van der Waals surface area contributed by atoms with Gasteiger partial charge in [0.05, 0.1) is 61.2 Å². The van der Waals surface area contributed by atoms with Crippen LogP contribution in [0.5, 0.6) is 23.0 Å². The van der Waals surface area contributed by atoms with Gasteiger partial charge in [0.2, 0.25) is 0 Å². The molecule has 6 aliphatic carbocycles. The number of carbonyl (C=O) groups is 2. The Labute approximate surface area is 486 Å². The summed E-state index contributed by atoms with van der Waals surface area (Å²) in [6.45, 7) is 25.4. The molecule has 2 saturated heterocycles. The summed E-state index contributed by atoms with van der Waals surface area (Å²) in [6.07, 6.45) is 5.77. The maximum atomic E-state index is 15.3. The SMILES string of the molecule is CC1(C)[C@@H]2CC3OB(CCl)O[C@@]3(C)[C@H]1C2.CCC[I-]Cl.COc1c(CB2OC3C[C@@H]4C[C@@H](C4(C)C)[C@]3(C)O2)c(F)c(F)c(C(=O)OC(C)(C)C)c1OC.COc1c(I)c(F)c(F)c(C(=O)OC(C)(C)C)c1OC.[H-].[Mg+2]. The molecule has 2 aromatic carbocycles. The smallest absolute Gasteiger partial charge is 1.00 e. The van der Waals surface area contributed by atoms with Gasteiger partial charge in [-0.1, -0.05) is 27.7 Å². The third-order valence-electron chi connectivity index (χ3n) is 15.4. The topological polar surface area (TPSA) is 126 Å². The van der Waals surface area contributed by atoms with Crippen molar-refractivity contribution in [3.63, 3.8) is 0 Å². The minimum absolute atomic E-state index is 0. The molecular formula is C51H74B2Cl2F4I2MgO12. The van der Waals surface area contributed by atoms with Gasteiger partial charge in [0, 0.05) is 11.9 Å². The quantitative estimate of drug-likeness (QED) is 0.0532. The molecule has 0 N–H and O–H groups in total. The van der Waals surface area contributed by atoms with Gasteiger partial charge in [-0.15, -0.1) is 11.6 Å². The Bertz CT molecular complexity index is 2350. The molecule has 0 amide bonds. The number of halogens is 8. The molecule has 12 nitrogen and oxygen atoms in total. The van der Waals surface area contributed by atoms with Gasteiger partial charge in [-0.05, 0) is 138 Å². The molecule has 6 saturated carbocycles. The fourth-order valence-corrected chi connectivity index (χ4v) is 13.8. The summed E-state index contributed by atoms with van der Waals surface area (Å²) in [4.78, 5) is 24.7. The van der Waals surface area contributed by atoms with Crippen molar-refractivity contribution in [3.8, 4) is 23.0 Å². The van der Waals surface area contributed by atoms with E-state index >= 15 is 8.78 Å². The molecule has 0 spiro atoms. The van der Waals surface area contributed by atoms with E-state index in [1.54, 1.807) is 64.1 Å². The largest absolute Gasteiger partial charge is 2.00 e. The van der Waals surface area contributed by atoms with E-state index in [2.05, 4.69) is 48.5 Å². The first kappa shape index (κ1) is 65.6. The summed E-state index contributed by atoms with van der Waals surface area (Å²) in [5.41, 5.74) is -3.07. The van der Waals surface area contributed by atoms with Crippen LogP contribution in [0.2, 0.25) is 0 Å². The van der Waals surface area contributed by atoms with Gasteiger partial charge in [-0.25, -0.2) is 27.2 Å². The minimum atomic E-state index is -1.35. The first-order valence-corrected chi connectivity index (χ1v) is 30.4. The first-order chi connectivity index (χ1) is 33.8. The zero-order chi connectivity index (χ0) is 55.1. The molecule has 4 bridgehead atoms. The molecule has 8 atom stereocenters. The van der Waals surface area contributed by atoms with Gasteiger partial charge in [0.15, 0.2) is 46.3 Å². The van der Waals surface area contributed by atoms with Crippen molar-refractivity contribution >= 4 is 92.3 Å². The standard InChI is InChI=1S/C24H33BF2O6.C13H15F2IO4.C11H18BClO2.C3H7ClI.Mg.H/c1-22(2,3)31-21(28)16-18(27)17(26)13(19(29-7)20(16)30-8)11-25-32-15-10-12-9-14(23(12,4)5)24(15,6)33-25;1-13(2,3)20-12(17)6-7(14)8(15)9(16)11(19-5)10(6)18-4;1-10(2)7-4-8(10)11(3)9(5-7)14-12(6-13)15-11;1-2-3-5-4;;/h12,14-15H,9-11H2,1-8H3;1-5H3;7-9H,4-6H2,1-3H3;2-3H2,1H3;;/q;;;-1;+2;-1/t12-,14-,15?,24-;;7-,8-,9?,11-;;;/m0.0.../s1. The predicted molar refractivity (Wildman–Crippen MR) is 285 cm³/mol. The molecule has 8 fully saturated rings. The number of ether oxygens (including phenoxy) is 6. The molecule has 2 aromatic rings. The number of esters is 2. The number of hydrogen-bond acceptors (Lipinski definition) is 12. The Morgan fingerprint density at radius 3 is 1.42 bits per heavy atom. The summed E-state index contributed by atoms with van der Waals surface area (Å²) in [5, 5.41) is 0. The van der Waals surface area contributed by atoms with Crippen molar-refractivity contribution in [3.05, 3.63) is 43.5 Å². The molecule has 8 aliphatic rings. The van der Waals surface area contributed by atoms with Crippen LogP contribution in [-0.4, -0.2) is 122 Å². The molecule has 2 unspecified atom stereocenters. The van der Waals surface area contributed by atoms with E-state index < -0.39 is 70.3 Å². The van der Waals surface area contributed by atoms with E-state index in [1.807, 2.05) is 0 Å². The molecule has 2 aliphatic heterocycles. The number of carbonyl (C=O) groups excluding carboxylic acids is 2. The van der Waals surface area contributed by atoms with Gasteiger partial charge in [0.25, 0.3) is 0 Å². The first-order valence-electron chi connectivity index (χ1n) is 24.6. The Kier molecular flexibility index (Phi) is 22.4. The van der Waals surface area contributed by atoms with Crippen LogP contribution in [0.25, 0.3) is 0 Å². The predicted octanol–water partition coefficient (Wildman–Crippen LogP) is 9.15. The Hall–Kier alpha value is -0.924. The molecule has 414 valence electrons. The van der Waals surface area contributed by atoms with Crippen molar-refractivity contribution in [1.82, 2.24) is 0 Å². The van der Waals surface area contributed by atoms with Crippen LogP contribution >= 0.6 is 43.1 Å². The normalized spacial score (nSPS) is 27.4. The molecule has 0 radical (unpaired) electrons. The monoisotopic (exact) mass is 1320 g/mol. The number of methoxy groups -OCH3 is 4. The second kappa shape index (κ2) is 25.3. The van der Waals surface area contributed by atoms with Gasteiger partial charge in [0.1, 0.15) is 22.3 Å². The van der Waals surface area contributed by atoms with Gasteiger partial charge < -0.3 is 48.5 Å². The average Bonchev–Trinajstić information content (AvgIpc) is 3.84. The van der Waals surface area contributed by atoms with Crippen LogP contribution in [0, 0.1) is 61.3 Å². The van der Waals surface area contributed by atoms with E-state index in [-0.39, 0.29) is 113 Å². The number of rotatable bonds is 11. The fraction of sp³-hybridized carbons (Fsp3) is 0.725. The van der Waals surface area contributed by atoms with Crippen molar-refractivity contribution in [2.75, 3.05) is 38.6 Å². The molecule has 74 heavy (non-hydrogen) atoms. The fourth-order valence-electron chi connectivity index (χ4n) is 11.6. The van der Waals surface area contributed by atoms with E-state index in [4.69, 9.17) is 67.5 Å². The second-order valence-electron chi connectivity index (χ2n) is 22.9. The Balaban J connectivity index is 0.000000301. The van der Waals surface area contributed by atoms with E-state index in [0.29, 0.717) is 28.9 Å². The average molecular weight is 1330 g/mol. The summed E-state index contributed by atoms with van der Waals surface area (Å²) < 4.78 is 115. The van der Waals surface area contributed by atoms with E-state index in [9.17, 15) is 18.4 Å². The zero-order valence-electron chi connectivity index (χ0n) is 46.9. The third kappa shape index (κ3) is 13.1. The Morgan fingerprint density at radius 2 is 1.07 bits per heavy atom. The summed E-state index contributed by atoms with van der Waals surface area (Å²) in [7, 11) is 9.55. The van der Waals surface area contributed by atoms with Gasteiger partial charge in [-0.2, -0.15) is 0 Å². The second-order valence-corrected chi connectivity index (χ2v) is 27.3. The molecule has 23 heteroatoms. The van der Waals surface area contributed by atoms with Crippen LogP contribution in [0.4, 0.5) is 17.6 Å². The van der Waals surface area contributed by atoms with Crippen molar-refractivity contribution in [1.29, 1.82) is 0 Å². The van der Waals surface area contributed by atoms with Crippen LogP contribution in [0.15, 0.2) is 0 Å². The van der Waals surface area contributed by atoms with Crippen LogP contribution in [0.3, 0.4) is 0 Å². The maximum absolute atomic E-state index is 15.3. The Morgan fingerprint density at radius 1 is 0.676 bits per heavy atom. The zero-order valence-corrected chi connectivity index (χ0v) is 53.1. The van der Waals surface area contributed by atoms with Gasteiger partial charge in [-0.3, -0.25) is 0 Å².